The molecule has 7 nitrogen and oxygen atoms in total. The molecule has 0 aromatic heterocycles. The van der Waals surface area contributed by atoms with Crippen molar-refractivity contribution in [2.45, 2.75) is 44.6 Å². The summed E-state index contributed by atoms with van der Waals surface area (Å²) in [5.41, 5.74) is 3.88. The van der Waals surface area contributed by atoms with Crippen molar-refractivity contribution in [3.05, 3.63) is 59.7 Å². The molecule has 1 fully saturated rings. The molecule has 2 aromatic rings. The van der Waals surface area contributed by atoms with Gasteiger partial charge in [0.25, 0.3) is 0 Å². The Kier molecular flexibility index (Phi) is 6.64. The van der Waals surface area contributed by atoms with Gasteiger partial charge in [-0.05, 0) is 47.9 Å². The number of hydrogen-bond acceptors (Lipinski definition) is 4. The molecule has 1 saturated carbocycles. The molecule has 0 bridgehead atoms. The first-order chi connectivity index (χ1) is 16.2. The highest BCUT2D eigenvalue weighted by atomic mass is 16.5. The molecule has 4 rings (SSSR count). The quantitative estimate of drug-likeness (QED) is 0.578. The third-order valence-corrected chi connectivity index (χ3v) is 7.12. The minimum absolute atomic E-state index is 0.0318. The molecule has 180 valence electrons. The molecule has 2 aromatic carbocycles. The van der Waals surface area contributed by atoms with Crippen LogP contribution in [0.4, 0.5) is 4.79 Å². The van der Waals surface area contributed by atoms with Gasteiger partial charge in [-0.1, -0.05) is 55.5 Å². The summed E-state index contributed by atoms with van der Waals surface area (Å²) in [7, 11) is 1.60. The summed E-state index contributed by atoms with van der Waals surface area (Å²) in [6.45, 7) is 3.78. The standard InChI is InChI=1S/C27H32N2O5/c1-17(25(31)32)15-29(3)24(30)14-27(2,18-12-13-18)28-26(33)34-16-23-21-10-6-4-8-19(21)20-9-5-7-11-22(20)23/h4-11,17-18,23H,12-16H2,1-3H3,(H,28,33)(H,31,32). The zero-order chi connectivity index (χ0) is 24.5. The van der Waals surface area contributed by atoms with Crippen molar-refractivity contribution in [1.29, 1.82) is 0 Å². The van der Waals surface area contributed by atoms with Crippen molar-refractivity contribution < 1.29 is 24.2 Å². The van der Waals surface area contributed by atoms with E-state index in [1.54, 1.807) is 14.0 Å². The molecule has 2 aliphatic rings. The van der Waals surface area contributed by atoms with Crippen LogP contribution < -0.4 is 5.32 Å². The number of carboxylic acids is 1. The molecule has 0 aliphatic heterocycles. The summed E-state index contributed by atoms with van der Waals surface area (Å²) >= 11 is 0. The maximum atomic E-state index is 12.9. The number of rotatable bonds is 9. The number of amides is 2. The molecule has 0 spiro atoms. The number of carboxylic acid groups (broad SMARTS) is 1. The van der Waals surface area contributed by atoms with Gasteiger partial charge in [0, 0.05) is 19.5 Å². The van der Waals surface area contributed by atoms with E-state index in [-0.39, 0.29) is 37.3 Å². The second kappa shape index (κ2) is 9.49. The number of benzene rings is 2. The van der Waals surface area contributed by atoms with Gasteiger partial charge in [-0.15, -0.1) is 0 Å². The summed E-state index contributed by atoms with van der Waals surface area (Å²) in [4.78, 5) is 38.2. The summed E-state index contributed by atoms with van der Waals surface area (Å²) in [6.07, 6.45) is 1.43. The maximum absolute atomic E-state index is 12.9. The van der Waals surface area contributed by atoms with E-state index in [1.165, 1.54) is 16.0 Å². The Morgan fingerprint density at radius 1 is 1.09 bits per heavy atom. The smallest absolute Gasteiger partial charge is 0.407 e. The van der Waals surface area contributed by atoms with Crippen molar-refractivity contribution in [3.8, 4) is 11.1 Å². The van der Waals surface area contributed by atoms with Crippen LogP contribution in [0.15, 0.2) is 48.5 Å². The predicted octanol–water partition coefficient (Wildman–Crippen LogP) is 4.26. The number of fused-ring (bicyclic) bond motifs is 3. The lowest BCUT2D eigenvalue weighted by atomic mass is 9.91. The Morgan fingerprint density at radius 2 is 1.65 bits per heavy atom. The van der Waals surface area contributed by atoms with Crippen molar-refractivity contribution in [2.24, 2.45) is 11.8 Å². The van der Waals surface area contributed by atoms with E-state index in [2.05, 4.69) is 29.6 Å². The first-order valence-corrected chi connectivity index (χ1v) is 11.8. The molecule has 2 unspecified atom stereocenters. The van der Waals surface area contributed by atoms with Gasteiger partial charge in [0.15, 0.2) is 0 Å². The highest BCUT2D eigenvalue weighted by Gasteiger charge is 2.45. The first-order valence-electron chi connectivity index (χ1n) is 11.8. The maximum Gasteiger partial charge on any atom is 0.407 e. The minimum atomic E-state index is -0.943. The molecule has 0 heterocycles. The second-order valence-corrected chi connectivity index (χ2v) is 9.83. The number of nitrogens with one attached hydrogen (secondary N) is 1. The molecule has 34 heavy (non-hydrogen) atoms. The number of alkyl carbamates (subject to hydrolysis) is 1. The van der Waals surface area contributed by atoms with Crippen LogP contribution in [-0.2, 0) is 14.3 Å². The Morgan fingerprint density at radius 3 is 2.18 bits per heavy atom. The molecule has 7 heteroatoms. The number of nitrogens with zero attached hydrogens (tertiary/aromatic N) is 1. The van der Waals surface area contributed by atoms with Crippen LogP contribution in [0.5, 0.6) is 0 Å². The van der Waals surface area contributed by atoms with Crippen molar-refractivity contribution in [2.75, 3.05) is 20.2 Å². The summed E-state index contributed by atoms with van der Waals surface area (Å²) in [6, 6.07) is 16.3. The molecule has 2 aliphatic carbocycles. The van der Waals surface area contributed by atoms with E-state index in [4.69, 9.17) is 9.84 Å². The van der Waals surface area contributed by atoms with Gasteiger partial charge in [-0.25, -0.2) is 4.79 Å². The number of carbonyl (C=O) groups excluding carboxylic acids is 2. The molecule has 2 N–H and O–H groups in total. The van der Waals surface area contributed by atoms with E-state index in [1.807, 2.05) is 31.2 Å². The Labute approximate surface area is 200 Å². The summed E-state index contributed by atoms with van der Waals surface area (Å²) < 4.78 is 5.70. The first kappa shape index (κ1) is 23.8. The van der Waals surface area contributed by atoms with Crippen LogP contribution in [-0.4, -0.2) is 53.7 Å². The van der Waals surface area contributed by atoms with E-state index < -0.39 is 23.5 Å². The van der Waals surface area contributed by atoms with Crippen LogP contribution >= 0.6 is 0 Å². The fraction of sp³-hybridized carbons (Fsp3) is 0.444. The number of aliphatic carboxylic acids is 1. The monoisotopic (exact) mass is 464 g/mol. The lowest BCUT2D eigenvalue weighted by Gasteiger charge is -2.32. The zero-order valence-corrected chi connectivity index (χ0v) is 19.9. The van der Waals surface area contributed by atoms with Crippen molar-refractivity contribution in [3.63, 3.8) is 0 Å². The minimum Gasteiger partial charge on any atom is -0.481 e. The number of carbonyl (C=O) groups is 3. The van der Waals surface area contributed by atoms with E-state index in [0.29, 0.717) is 0 Å². The van der Waals surface area contributed by atoms with E-state index in [9.17, 15) is 14.4 Å². The lowest BCUT2D eigenvalue weighted by molar-refractivity contribution is -0.142. The van der Waals surface area contributed by atoms with E-state index >= 15 is 0 Å². The van der Waals surface area contributed by atoms with Gasteiger partial charge in [0.1, 0.15) is 6.61 Å². The van der Waals surface area contributed by atoms with Crippen LogP contribution in [0.25, 0.3) is 11.1 Å². The Balaban J connectivity index is 1.39. The number of ether oxygens (including phenoxy) is 1. The van der Waals surface area contributed by atoms with Crippen LogP contribution in [0.1, 0.15) is 50.2 Å². The third-order valence-electron chi connectivity index (χ3n) is 7.12. The topological polar surface area (TPSA) is 95.9 Å². The molecule has 0 radical (unpaired) electrons. The SMILES string of the molecule is CC(CN(C)C(=O)CC(C)(NC(=O)OCC1c2ccccc2-c2ccccc21)C1CC1)C(=O)O. The van der Waals surface area contributed by atoms with Gasteiger partial charge in [-0.3, -0.25) is 9.59 Å². The predicted molar refractivity (Wildman–Crippen MR) is 128 cm³/mol. The average molecular weight is 465 g/mol. The third kappa shape index (κ3) is 4.93. The molecular formula is C27H32N2O5. The fourth-order valence-electron chi connectivity index (χ4n) is 4.92. The molecule has 0 saturated heterocycles. The normalized spacial score (nSPS) is 17.1. The highest BCUT2D eigenvalue weighted by molar-refractivity contribution is 5.80. The molecular weight excluding hydrogens is 432 g/mol. The second-order valence-electron chi connectivity index (χ2n) is 9.83. The average Bonchev–Trinajstić information content (AvgIpc) is 3.61. The summed E-state index contributed by atoms with van der Waals surface area (Å²) in [5, 5.41) is 12.1. The Bertz CT molecular complexity index is 1050. The van der Waals surface area contributed by atoms with Gasteiger partial charge in [-0.2, -0.15) is 0 Å². The van der Waals surface area contributed by atoms with Gasteiger partial charge < -0.3 is 20.1 Å². The van der Waals surface area contributed by atoms with E-state index in [0.717, 1.165) is 24.0 Å². The van der Waals surface area contributed by atoms with Crippen LogP contribution in [0, 0.1) is 11.8 Å². The largest absolute Gasteiger partial charge is 0.481 e. The summed E-state index contributed by atoms with van der Waals surface area (Å²) in [5.74, 6) is -1.63. The van der Waals surface area contributed by atoms with Gasteiger partial charge in [0.2, 0.25) is 5.91 Å². The van der Waals surface area contributed by atoms with Crippen LogP contribution in [0.3, 0.4) is 0 Å². The van der Waals surface area contributed by atoms with Gasteiger partial charge in [0.05, 0.1) is 17.9 Å². The fourth-order valence-corrected chi connectivity index (χ4v) is 4.92. The Hall–Kier alpha value is -3.35. The van der Waals surface area contributed by atoms with Gasteiger partial charge >= 0.3 is 12.1 Å². The number of hydrogen-bond donors (Lipinski definition) is 2. The lowest BCUT2D eigenvalue weighted by Crippen LogP contribution is -2.51. The van der Waals surface area contributed by atoms with Crippen molar-refractivity contribution >= 4 is 18.0 Å². The molecule has 2 amide bonds. The van der Waals surface area contributed by atoms with Crippen molar-refractivity contribution in [1.82, 2.24) is 10.2 Å². The van der Waals surface area contributed by atoms with Crippen LogP contribution in [0.2, 0.25) is 0 Å². The highest BCUT2D eigenvalue weighted by Crippen LogP contribution is 2.45. The molecule has 2 atom stereocenters. The zero-order valence-electron chi connectivity index (χ0n) is 19.9.